The highest BCUT2D eigenvalue weighted by Crippen LogP contribution is 2.26. The number of rotatable bonds is 7. The lowest BCUT2D eigenvalue weighted by molar-refractivity contribution is 0.576. The van der Waals surface area contributed by atoms with Crippen molar-refractivity contribution in [1.82, 2.24) is 4.72 Å². The maximum atomic E-state index is 12.6. The number of hydrogen-bond acceptors (Lipinski definition) is 3. The van der Waals surface area contributed by atoms with Gasteiger partial charge in [-0.15, -0.1) is 0 Å². The molecule has 0 radical (unpaired) electrons. The van der Waals surface area contributed by atoms with E-state index in [0.29, 0.717) is 5.02 Å². The van der Waals surface area contributed by atoms with E-state index >= 15 is 0 Å². The monoisotopic (exact) mass is 464 g/mol. The molecule has 3 aromatic carbocycles. The molecule has 0 aliphatic rings. The molecule has 0 aliphatic heterocycles. The summed E-state index contributed by atoms with van der Waals surface area (Å²) in [6, 6.07) is 23.3. The average molecular weight is 466 g/mol. The fourth-order valence-electron chi connectivity index (χ4n) is 2.59. The number of halogens is 2. The summed E-state index contributed by atoms with van der Waals surface area (Å²) >= 11 is 9.36. The maximum absolute atomic E-state index is 12.6. The topological polar surface area (TPSA) is 58.2 Å². The van der Waals surface area contributed by atoms with Gasteiger partial charge in [0.05, 0.1) is 10.9 Å². The minimum atomic E-state index is -3.64. The molecule has 0 fully saturated rings. The first-order chi connectivity index (χ1) is 13.0. The molecule has 0 bridgehead atoms. The second kappa shape index (κ2) is 8.89. The predicted molar refractivity (Wildman–Crippen MR) is 114 cm³/mol. The summed E-state index contributed by atoms with van der Waals surface area (Å²) < 4.78 is 28.8. The number of para-hydroxylation sites is 1. The van der Waals surface area contributed by atoms with Crippen LogP contribution in [0.1, 0.15) is 11.6 Å². The summed E-state index contributed by atoms with van der Waals surface area (Å²) in [6.07, 6.45) is 0. The van der Waals surface area contributed by atoms with E-state index in [4.69, 9.17) is 11.6 Å². The normalized spacial score (nSPS) is 12.5. The fourth-order valence-corrected chi connectivity index (χ4v) is 4.17. The quantitative estimate of drug-likeness (QED) is 0.502. The first-order valence-corrected chi connectivity index (χ1v) is 10.9. The zero-order chi connectivity index (χ0) is 19.3. The lowest BCUT2D eigenvalue weighted by Gasteiger charge is -2.22. The first kappa shape index (κ1) is 19.9. The number of nitrogens with one attached hydrogen (secondary N) is 2. The molecule has 3 aromatic rings. The van der Waals surface area contributed by atoms with Crippen molar-refractivity contribution in [2.45, 2.75) is 10.9 Å². The number of sulfonamides is 1. The fraction of sp³-hybridized carbons (Fsp3) is 0.100. The minimum absolute atomic E-state index is 0.180. The number of anilines is 1. The number of benzene rings is 3. The minimum Gasteiger partial charge on any atom is -0.376 e. The van der Waals surface area contributed by atoms with Gasteiger partial charge >= 0.3 is 0 Å². The van der Waals surface area contributed by atoms with Crippen LogP contribution in [0, 0.1) is 0 Å². The van der Waals surface area contributed by atoms with Gasteiger partial charge in [0.1, 0.15) is 0 Å². The molecule has 2 N–H and O–H groups in total. The van der Waals surface area contributed by atoms with E-state index in [1.54, 1.807) is 12.1 Å². The van der Waals surface area contributed by atoms with Gasteiger partial charge in [0, 0.05) is 21.7 Å². The van der Waals surface area contributed by atoms with E-state index in [2.05, 4.69) is 26.0 Å². The van der Waals surface area contributed by atoms with Crippen LogP contribution < -0.4 is 10.0 Å². The zero-order valence-corrected chi connectivity index (χ0v) is 17.4. The van der Waals surface area contributed by atoms with Crippen molar-refractivity contribution in [3.05, 3.63) is 93.9 Å². The van der Waals surface area contributed by atoms with Crippen molar-refractivity contribution in [2.75, 3.05) is 11.9 Å². The molecule has 0 aromatic heterocycles. The Balaban J connectivity index is 1.81. The lowest BCUT2D eigenvalue weighted by Crippen LogP contribution is -2.31. The Labute approximate surface area is 172 Å². The van der Waals surface area contributed by atoms with Gasteiger partial charge in [-0.05, 0) is 57.9 Å². The molecule has 1 atom stereocenters. The van der Waals surface area contributed by atoms with Crippen molar-refractivity contribution < 1.29 is 8.42 Å². The molecular formula is C20H18BrClN2O2S. The highest BCUT2D eigenvalue weighted by Gasteiger charge is 2.18. The van der Waals surface area contributed by atoms with Crippen molar-refractivity contribution in [2.24, 2.45) is 0 Å². The molecule has 3 rings (SSSR count). The van der Waals surface area contributed by atoms with E-state index in [1.165, 1.54) is 12.1 Å². The van der Waals surface area contributed by atoms with Crippen LogP contribution in [0.15, 0.2) is 88.2 Å². The highest BCUT2D eigenvalue weighted by molar-refractivity contribution is 9.10. The zero-order valence-electron chi connectivity index (χ0n) is 14.3. The molecule has 0 saturated carbocycles. The second-order valence-electron chi connectivity index (χ2n) is 5.89. The van der Waals surface area contributed by atoms with Crippen molar-refractivity contribution >= 4 is 43.2 Å². The predicted octanol–water partition coefficient (Wildman–Crippen LogP) is 5.23. The van der Waals surface area contributed by atoms with Crippen LogP contribution in [-0.2, 0) is 10.0 Å². The summed E-state index contributed by atoms with van der Waals surface area (Å²) in [7, 11) is -3.64. The van der Waals surface area contributed by atoms with Gasteiger partial charge in [-0.1, -0.05) is 54.1 Å². The summed E-state index contributed by atoms with van der Waals surface area (Å²) in [5.41, 5.74) is 1.86. The van der Waals surface area contributed by atoms with Crippen LogP contribution in [0.5, 0.6) is 0 Å². The largest absolute Gasteiger partial charge is 0.376 e. The Morgan fingerprint density at radius 1 is 0.889 bits per heavy atom. The summed E-state index contributed by atoms with van der Waals surface area (Å²) in [5.74, 6) is 0. The molecule has 0 amide bonds. The van der Waals surface area contributed by atoms with Crippen molar-refractivity contribution in [3.8, 4) is 0 Å². The third-order valence-electron chi connectivity index (χ3n) is 4.01. The maximum Gasteiger partial charge on any atom is 0.240 e. The van der Waals surface area contributed by atoms with Crippen LogP contribution in [0.3, 0.4) is 0 Å². The molecule has 0 unspecified atom stereocenters. The van der Waals surface area contributed by atoms with Gasteiger partial charge in [-0.25, -0.2) is 13.1 Å². The van der Waals surface area contributed by atoms with Crippen molar-refractivity contribution in [1.29, 1.82) is 0 Å². The van der Waals surface area contributed by atoms with Crippen molar-refractivity contribution in [3.63, 3.8) is 0 Å². The first-order valence-electron chi connectivity index (χ1n) is 8.27. The summed E-state index contributed by atoms with van der Waals surface area (Å²) in [5, 5.41) is 3.89. The molecule has 27 heavy (non-hydrogen) atoms. The Kier molecular flexibility index (Phi) is 6.55. The molecule has 7 heteroatoms. The SMILES string of the molecule is O=S(=O)(NC[C@H](Nc1ccccc1Br)c1ccccc1)c1ccc(Cl)cc1. The van der Waals surface area contributed by atoms with Crippen LogP contribution in [-0.4, -0.2) is 15.0 Å². The van der Waals surface area contributed by atoms with Gasteiger partial charge in [0.2, 0.25) is 10.0 Å². The molecular weight excluding hydrogens is 448 g/mol. The van der Waals surface area contributed by atoms with Crippen LogP contribution in [0.25, 0.3) is 0 Å². The van der Waals surface area contributed by atoms with Crippen LogP contribution in [0.2, 0.25) is 5.02 Å². The van der Waals surface area contributed by atoms with E-state index in [9.17, 15) is 8.42 Å². The van der Waals surface area contributed by atoms with Gasteiger partial charge in [-0.3, -0.25) is 0 Å². The van der Waals surface area contributed by atoms with E-state index in [0.717, 1.165) is 15.7 Å². The van der Waals surface area contributed by atoms with Crippen LogP contribution in [0.4, 0.5) is 5.69 Å². The third kappa shape index (κ3) is 5.32. The van der Waals surface area contributed by atoms with Gasteiger partial charge in [0.25, 0.3) is 0 Å². The lowest BCUT2D eigenvalue weighted by atomic mass is 10.1. The average Bonchev–Trinajstić information content (AvgIpc) is 2.67. The van der Waals surface area contributed by atoms with E-state index in [1.807, 2.05) is 54.6 Å². The van der Waals surface area contributed by atoms with Gasteiger partial charge in [0.15, 0.2) is 0 Å². The van der Waals surface area contributed by atoms with Crippen LogP contribution >= 0.6 is 27.5 Å². The standard InChI is InChI=1S/C20H18BrClN2O2S/c21-18-8-4-5-9-19(18)24-20(15-6-2-1-3-7-15)14-23-27(25,26)17-12-10-16(22)11-13-17/h1-13,20,23-24H,14H2/t20-/m0/s1. The molecule has 0 aliphatic carbocycles. The molecule has 0 saturated heterocycles. The Hall–Kier alpha value is -1.86. The smallest absolute Gasteiger partial charge is 0.240 e. The second-order valence-corrected chi connectivity index (χ2v) is 8.95. The van der Waals surface area contributed by atoms with Gasteiger partial charge in [-0.2, -0.15) is 0 Å². The molecule has 140 valence electrons. The summed E-state index contributed by atoms with van der Waals surface area (Å²) in [6.45, 7) is 0.191. The van der Waals surface area contributed by atoms with E-state index < -0.39 is 10.0 Å². The molecule has 0 heterocycles. The number of hydrogen-bond donors (Lipinski definition) is 2. The molecule has 0 spiro atoms. The Morgan fingerprint density at radius 3 is 2.19 bits per heavy atom. The Bertz CT molecular complexity index is 996. The van der Waals surface area contributed by atoms with Gasteiger partial charge < -0.3 is 5.32 Å². The highest BCUT2D eigenvalue weighted by atomic mass is 79.9. The third-order valence-corrected chi connectivity index (χ3v) is 6.39. The Morgan fingerprint density at radius 2 is 1.52 bits per heavy atom. The summed E-state index contributed by atoms with van der Waals surface area (Å²) in [4.78, 5) is 0.180. The molecule has 4 nitrogen and oxygen atoms in total. The van der Waals surface area contributed by atoms with E-state index in [-0.39, 0.29) is 17.5 Å².